The van der Waals surface area contributed by atoms with E-state index in [0.717, 1.165) is 31.2 Å². The Hall–Kier alpha value is -1.15. The van der Waals surface area contributed by atoms with E-state index in [-0.39, 0.29) is 39.4 Å². The molecular weight excluding hydrogens is 392 g/mol. The summed E-state index contributed by atoms with van der Waals surface area (Å²) in [5.41, 5.74) is 0.564. The van der Waals surface area contributed by atoms with Crippen molar-refractivity contribution in [3.63, 3.8) is 0 Å². The molecule has 4 fully saturated rings. The summed E-state index contributed by atoms with van der Waals surface area (Å²) in [6.07, 6.45) is 4.16. The molecule has 162 valence electrons. The van der Waals surface area contributed by atoms with Crippen LogP contribution in [-0.2, 0) is 9.59 Å². The Morgan fingerprint density at radius 3 is 1.50 bits per heavy atom. The van der Waals surface area contributed by atoms with Crippen LogP contribution in [0.5, 0.6) is 0 Å². The van der Waals surface area contributed by atoms with E-state index in [1.54, 1.807) is 0 Å². The average Bonchev–Trinajstić information content (AvgIpc) is 3.16. The van der Waals surface area contributed by atoms with Crippen molar-refractivity contribution in [1.82, 2.24) is 0 Å². The van der Waals surface area contributed by atoms with Gasteiger partial charge >= 0.3 is 0 Å². The minimum atomic E-state index is -0.271. The quantitative estimate of drug-likeness (QED) is 0.538. The molecular formula is C27H35ClO2. The average molecular weight is 427 g/mol. The van der Waals surface area contributed by atoms with Crippen molar-refractivity contribution in [2.24, 2.45) is 45.3 Å². The third kappa shape index (κ3) is 2.17. The smallest absolute Gasteiger partial charge is 0.143 e. The molecule has 0 radical (unpaired) electrons. The minimum Gasteiger partial charge on any atom is -0.299 e. The Balaban J connectivity index is 1.67. The lowest BCUT2D eigenvalue weighted by molar-refractivity contribution is -0.136. The van der Waals surface area contributed by atoms with Crippen LogP contribution in [-0.4, -0.2) is 11.6 Å². The number of benzene rings is 1. The van der Waals surface area contributed by atoms with E-state index in [2.05, 4.69) is 53.7 Å². The number of carbonyl (C=O) groups excluding carboxylic acids is 2. The zero-order valence-corrected chi connectivity index (χ0v) is 20.0. The summed E-state index contributed by atoms with van der Waals surface area (Å²) >= 11 is 6.22. The maximum atomic E-state index is 14.0. The number of Topliss-reactive ketones (excluding diaryl/α,β-unsaturated/α-hetero) is 2. The van der Waals surface area contributed by atoms with Crippen molar-refractivity contribution < 1.29 is 9.59 Å². The predicted molar refractivity (Wildman–Crippen MR) is 120 cm³/mol. The highest BCUT2D eigenvalue weighted by molar-refractivity contribution is 6.30. The van der Waals surface area contributed by atoms with E-state index in [1.165, 1.54) is 0 Å². The maximum absolute atomic E-state index is 14.0. The van der Waals surface area contributed by atoms with Crippen LogP contribution in [0.15, 0.2) is 24.3 Å². The van der Waals surface area contributed by atoms with Crippen molar-refractivity contribution in [1.29, 1.82) is 0 Å². The second-order valence-corrected chi connectivity index (χ2v) is 12.7. The Labute approximate surface area is 186 Å². The lowest BCUT2D eigenvalue weighted by Gasteiger charge is -2.39. The lowest BCUT2D eigenvalue weighted by Crippen LogP contribution is -2.41. The van der Waals surface area contributed by atoms with Gasteiger partial charge in [0.15, 0.2) is 0 Å². The van der Waals surface area contributed by atoms with E-state index in [0.29, 0.717) is 28.4 Å². The van der Waals surface area contributed by atoms with Crippen molar-refractivity contribution in [2.75, 3.05) is 0 Å². The van der Waals surface area contributed by atoms with E-state index in [1.807, 2.05) is 12.1 Å². The maximum Gasteiger partial charge on any atom is 0.143 e. The predicted octanol–water partition coefficient (Wildman–Crippen LogP) is 6.71. The Morgan fingerprint density at radius 2 is 1.17 bits per heavy atom. The fraction of sp³-hybridized carbons (Fsp3) is 0.704. The molecule has 0 amide bonds. The summed E-state index contributed by atoms with van der Waals surface area (Å²) in [6.45, 7) is 13.5. The van der Waals surface area contributed by atoms with Crippen LogP contribution >= 0.6 is 11.6 Å². The number of fused-ring (bicyclic) bond motifs is 4. The van der Waals surface area contributed by atoms with Gasteiger partial charge in [-0.05, 0) is 66.0 Å². The fourth-order valence-electron chi connectivity index (χ4n) is 8.46. The molecule has 3 heteroatoms. The SMILES string of the molecule is CC1(C)[C@@H]2CC[C@@]1(C)C(=O)[C@H]2C(c1ccc(Cl)cc1)[C@@H]1C(=O)[C@]2(C)CC[C@H]1C2(C)C. The van der Waals surface area contributed by atoms with Gasteiger partial charge in [-0.15, -0.1) is 0 Å². The molecule has 4 saturated carbocycles. The summed E-state index contributed by atoms with van der Waals surface area (Å²) in [4.78, 5) is 27.9. The van der Waals surface area contributed by atoms with E-state index < -0.39 is 0 Å². The lowest BCUT2D eigenvalue weighted by atomic mass is 9.63. The minimum absolute atomic E-state index is 0.0144. The normalized spacial score (nSPS) is 43.2. The molecule has 0 aliphatic heterocycles. The highest BCUT2D eigenvalue weighted by Gasteiger charge is 2.72. The number of rotatable bonds is 3. The first-order chi connectivity index (χ1) is 13.9. The van der Waals surface area contributed by atoms with Crippen LogP contribution in [0.1, 0.15) is 78.7 Å². The van der Waals surface area contributed by atoms with Gasteiger partial charge in [0.25, 0.3) is 0 Å². The van der Waals surface area contributed by atoms with Gasteiger partial charge in [0, 0.05) is 33.6 Å². The molecule has 0 heterocycles. The third-order valence-corrected chi connectivity index (χ3v) is 11.4. The monoisotopic (exact) mass is 426 g/mol. The molecule has 0 aromatic heterocycles. The topological polar surface area (TPSA) is 34.1 Å². The number of carbonyl (C=O) groups is 2. The molecule has 0 N–H and O–H groups in total. The molecule has 0 spiro atoms. The number of ketones is 2. The van der Waals surface area contributed by atoms with Crippen molar-refractivity contribution in [3.8, 4) is 0 Å². The Bertz CT molecular complexity index is 875. The molecule has 2 nitrogen and oxygen atoms in total. The zero-order chi connectivity index (χ0) is 21.9. The van der Waals surface area contributed by atoms with Gasteiger partial charge in [0.05, 0.1) is 0 Å². The molecule has 0 unspecified atom stereocenters. The molecule has 4 bridgehead atoms. The van der Waals surface area contributed by atoms with E-state index in [4.69, 9.17) is 11.6 Å². The highest BCUT2D eigenvalue weighted by Crippen LogP contribution is 2.73. The van der Waals surface area contributed by atoms with Crippen LogP contribution in [0.25, 0.3) is 0 Å². The summed E-state index contributed by atoms with van der Waals surface area (Å²) in [5, 5.41) is 0.704. The molecule has 1 aromatic rings. The number of halogens is 1. The molecule has 6 atom stereocenters. The largest absolute Gasteiger partial charge is 0.299 e. The molecule has 30 heavy (non-hydrogen) atoms. The second-order valence-electron chi connectivity index (χ2n) is 12.3. The van der Waals surface area contributed by atoms with Gasteiger partial charge in [-0.3, -0.25) is 9.59 Å². The summed E-state index contributed by atoms with van der Waals surface area (Å²) < 4.78 is 0. The van der Waals surface area contributed by atoms with E-state index >= 15 is 0 Å². The first kappa shape index (κ1) is 20.7. The first-order valence-corrected chi connectivity index (χ1v) is 12.1. The molecule has 4 aliphatic carbocycles. The van der Waals surface area contributed by atoms with Gasteiger partial charge in [0.2, 0.25) is 0 Å². The van der Waals surface area contributed by atoms with Crippen LogP contribution in [0.3, 0.4) is 0 Å². The summed E-state index contributed by atoms with van der Waals surface area (Å²) in [7, 11) is 0. The number of hydrogen-bond acceptors (Lipinski definition) is 2. The molecule has 4 aliphatic rings. The van der Waals surface area contributed by atoms with Gasteiger partial charge < -0.3 is 0 Å². The zero-order valence-electron chi connectivity index (χ0n) is 19.2. The first-order valence-electron chi connectivity index (χ1n) is 11.7. The van der Waals surface area contributed by atoms with Gasteiger partial charge in [-0.1, -0.05) is 65.3 Å². The number of hydrogen-bond donors (Lipinski definition) is 0. The molecule has 1 aromatic carbocycles. The van der Waals surface area contributed by atoms with Crippen molar-refractivity contribution in [2.45, 2.75) is 73.1 Å². The van der Waals surface area contributed by atoms with Gasteiger partial charge in [0.1, 0.15) is 11.6 Å². The van der Waals surface area contributed by atoms with Crippen molar-refractivity contribution >= 4 is 23.2 Å². The van der Waals surface area contributed by atoms with Crippen LogP contribution in [0, 0.1) is 45.3 Å². The standard InChI is InChI=1S/C27H35ClO2/c1-24(2)17-11-13-26(24,5)22(29)20(17)19(15-7-9-16(28)10-8-15)21-18-12-14-27(6,23(21)30)25(18,3)4/h7-10,17-21H,11-14H2,1-6H3/t17-,18-,20-,21-,26+,27+/m1/s1. The van der Waals surface area contributed by atoms with E-state index in [9.17, 15) is 9.59 Å². The molecule has 5 rings (SSSR count). The van der Waals surface area contributed by atoms with Crippen LogP contribution in [0.2, 0.25) is 5.02 Å². The van der Waals surface area contributed by atoms with Crippen LogP contribution in [0.4, 0.5) is 0 Å². The summed E-state index contributed by atoms with van der Waals surface area (Å²) in [5.74, 6) is 1.35. The van der Waals surface area contributed by atoms with Crippen LogP contribution < -0.4 is 0 Å². The van der Waals surface area contributed by atoms with Crippen molar-refractivity contribution in [3.05, 3.63) is 34.9 Å². The molecule has 0 saturated heterocycles. The highest BCUT2D eigenvalue weighted by atomic mass is 35.5. The summed E-state index contributed by atoms with van der Waals surface area (Å²) in [6, 6.07) is 8.02. The fourth-order valence-corrected chi connectivity index (χ4v) is 8.59. The second kappa shape index (κ2) is 6.00. The third-order valence-electron chi connectivity index (χ3n) is 11.2. The van der Waals surface area contributed by atoms with Gasteiger partial charge in [-0.2, -0.15) is 0 Å². The Kier molecular flexibility index (Phi) is 4.15. The van der Waals surface area contributed by atoms with Gasteiger partial charge in [-0.25, -0.2) is 0 Å². The Morgan fingerprint density at radius 1 is 0.767 bits per heavy atom.